The van der Waals surface area contributed by atoms with Crippen molar-refractivity contribution in [3.63, 3.8) is 0 Å². The molecule has 104 valence electrons. The predicted molar refractivity (Wildman–Crippen MR) is 70.3 cm³/mol. The molecule has 1 saturated heterocycles. The fraction of sp³-hybridized carbons (Fsp3) is 0.833. The maximum Gasteiger partial charge on any atom is 0.321 e. The van der Waals surface area contributed by atoms with Crippen LogP contribution in [-0.2, 0) is 4.79 Å². The molecule has 0 aliphatic carbocycles. The van der Waals surface area contributed by atoms with Gasteiger partial charge in [0.05, 0.1) is 6.54 Å². The Morgan fingerprint density at radius 1 is 1.33 bits per heavy atom. The quantitative estimate of drug-likeness (QED) is 0.657. The van der Waals surface area contributed by atoms with Gasteiger partial charge in [-0.25, -0.2) is 4.79 Å². The molecule has 0 aromatic heterocycles. The largest absolute Gasteiger partial charge is 0.336 e. The van der Waals surface area contributed by atoms with Gasteiger partial charge in [-0.2, -0.15) is 0 Å². The molecule has 0 saturated carbocycles. The number of rotatable bonds is 4. The monoisotopic (exact) mass is 256 g/mol. The first kappa shape index (κ1) is 14.9. The third-order valence-corrected chi connectivity index (χ3v) is 3.00. The molecule has 0 atom stereocenters. The molecular formula is C12H24N4O2. The van der Waals surface area contributed by atoms with Crippen molar-refractivity contribution >= 4 is 11.9 Å². The normalized spacial score (nSPS) is 16.9. The Hall–Kier alpha value is -1.14. The first-order valence-electron chi connectivity index (χ1n) is 6.50. The first-order chi connectivity index (χ1) is 8.49. The summed E-state index contributed by atoms with van der Waals surface area (Å²) in [6.07, 6.45) is 2.09. The summed E-state index contributed by atoms with van der Waals surface area (Å²) in [6, 6.07) is 0.0267. The summed E-state index contributed by atoms with van der Waals surface area (Å²) in [6.45, 7) is 5.95. The van der Waals surface area contributed by atoms with Crippen molar-refractivity contribution in [1.82, 2.24) is 20.9 Å². The van der Waals surface area contributed by atoms with E-state index in [4.69, 9.17) is 0 Å². The number of nitrogens with zero attached hydrogens (tertiary/aromatic N) is 1. The molecule has 0 spiro atoms. The van der Waals surface area contributed by atoms with Crippen LogP contribution in [0.1, 0.15) is 26.7 Å². The van der Waals surface area contributed by atoms with Crippen LogP contribution in [-0.4, -0.2) is 55.6 Å². The number of carbonyl (C=O) groups excluding carboxylic acids is 2. The van der Waals surface area contributed by atoms with Gasteiger partial charge in [0, 0.05) is 12.1 Å². The maximum atomic E-state index is 11.7. The number of amides is 3. The van der Waals surface area contributed by atoms with Gasteiger partial charge in [0.25, 0.3) is 0 Å². The fourth-order valence-corrected chi connectivity index (χ4v) is 2.07. The number of carbonyl (C=O) groups is 2. The average Bonchev–Trinajstić information content (AvgIpc) is 2.28. The average molecular weight is 256 g/mol. The highest BCUT2D eigenvalue weighted by Gasteiger charge is 2.20. The lowest BCUT2D eigenvalue weighted by Crippen LogP contribution is -2.49. The maximum absolute atomic E-state index is 11.7. The van der Waals surface area contributed by atoms with Gasteiger partial charge in [-0.1, -0.05) is 0 Å². The van der Waals surface area contributed by atoms with Gasteiger partial charge in [0.1, 0.15) is 0 Å². The van der Waals surface area contributed by atoms with E-state index in [1.807, 2.05) is 25.8 Å². The van der Waals surface area contributed by atoms with Gasteiger partial charge in [0.2, 0.25) is 5.91 Å². The van der Waals surface area contributed by atoms with Gasteiger partial charge >= 0.3 is 6.03 Å². The molecule has 3 N–H and O–H groups in total. The van der Waals surface area contributed by atoms with Crippen LogP contribution in [0.15, 0.2) is 0 Å². The van der Waals surface area contributed by atoms with Crippen molar-refractivity contribution in [3.8, 4) is 0 Å². The van der Waals surface area contributed by atoms with Crippen molar-refractivity contribution < 1.29 is 9.59 Å². The van der Waals surface area contributed by atoms with E-state index in [1.165, 1.54) is 0 Å². The van der Waals surface area contributed by atoms with Crippen LogP contribution in [0.2, 0.25) is 0 Å². The molecule has 0 aromatic rings. The number of hydrogen-bond donors (Lipinski definition) is 3. The van der Waals surface area contributed by atoms with Crippen LogP contribution in [0.3, 0.4) is 0 Å². The van der Waals surface area contributed by atoms with Gasteiger partial charge in [0.15, 0.2) is 0 Å². The minimum atomic E-state index is -0.422. The van der Waals surface area contributed by atoms with Crippen LogP contribution in [0.4, 0.5) is 4.79 Å². The number of piperidine rings is 1. The Labute approximate surface area is 108 Å². The number of likely N-dealkylation sites (N-methyl/N-ethyl adjacent to an activating group) is 1. The van der Waals surface area contributed by atoms with E-state index >= 15 is 0 Å². The predicted octanol–water partition coefficient (Wildman–Crippen LogP) is -0.0956. The fourth-order valence-electron chi connectivity index (χ4n) is 2.07. The highest BCUT2D eigenvalue weighted by Crippen LogP contribution is 2.08. The number of urea groups is 1. The zero-order valence-corrected chi connectivity index (χ0v) is 11.5. The molecule has 3 amide bonds. The molecule has 0 aromatic carbocycles. The molecule has 1 rings (SSSR count). The lowest BCUT2D eigenvalue weighted by Gasteiger charge is -2.30. The molecule has 1 aliphatic heterocycles. The Kier molecular flexibility index (Phi) is 6.07. The number of nitrogens with one attached hydrogen (secondary N) is 3. The molecule has 1 aliphatic rings. The third kappa shape index (κ3) is 5.46. The van der Waals surface area contributed by atoms with Crippen molar-refractivity contribution in [2.24, 2.45) is 0 Å². The van der Waals surface area contributed by atoms with Gasteiger partial charge in [-0.05, 0) is 46.8 Å². The summed E-state index contributed by atoms with van der Waals surface area (Å²) in [5.74, 6) is -0.255. The van der Waals surface area contributed by atoms with E-state index in [0.717, 1.165) is 25.9 Å². The Bertz CT molecular complexity index is 288. The van der Waals surface area contributed by atoms with Crippen LogP contribution in [0.5, 0.6) is 0 Å². The van der Waals surface area contributed by atoms with Crippen molar-refractivity contribution in [1.29, 1.82) is 0 Å². The van der Waals surface area contributed by atoms with Crippen LogP contribution < -0.4 is 16.0 Å². The van der Waals surface area contributed by atoms with Crippen molar-refractivity contribution in [3.05, 3.63) is 0 Å². The smallest absolute Gasteiger partial charge is 0.321 e. The zero-order chi connectivity index (χ0) is 13.5. The van der Waals surface area contributed by atoms with E-state index in [1.54, 1.807) is 0 Å². The van der Waals surface area contributed by atoms with Crippen LogP contribution in [0, 0.1) is 0 Å². The van der Waals surface area contributed by atoms with E-state index in [-0.39, 0.29) is 18.5 Å². The minimum absolute atomic E-state index is 0.0277. The molecule has 0 unspecified atom stereocenters. The van der Waals surface area contributed by atoms with Crippen molar-refractivity contribution in [2.45, 2.75) is 38.8 Å². The minimum Gasteiger partial charge on any atom is -0.336 e. The molecule has 18 heavy (non-hydrogen) atoms. The van der Waals surface area contributed by atoms with E-state index < -0.39 is 6.03 Å². The molecule has 1 heterocycles. The highest BCUT2D eigenvalue weighted by atomic mass is 16.2. The van der Waals surface area contributed by atoms with Gasteiger partial charge in [-0.15, -0.1) is 0 Å². The molecule has 6 nitrogen and oxygen atoms in total. The first-order valence-corrected chi connectivity index (χ1v) is 6.50. The molecule has 6 heteroatoms. The summed E-state index contributed by atoms with van der Waals surface area (Å²) in [7, 11) is 1.93. The second kappa shape index (κ2) is 7.33. The SMILES string of the molecule is CC(C)NC(=O)NC(=O)CN(C)C1CCNCC1. The Morgan fingerprint density at radius 3 is 2.50 bits per heavy atom. The van der Waals surface area contributed by atoms with Crippen LogP contribution in [0.25, 0.3) is 0 Å². The second-order valence-corrected chi connectivity index (χ2v) is 5.07. The standard InChI is InChI=1S/C12H24N4O2/c1-9(2)14-12(18)15-11(17)8-16(3)10-4-6-13-7-5-10/h9-10,13H,4-8H2,1-3H3,(H2,14,15,17,18). The summed E-state index contributed by atoms with van der Waals surface area (Å²) < 4.78 is 0. The van der Waals surface area contributed by atoms with Gasteiger partial charge in [-0.3, -0.25) is 15.0 Å². The molecule has 1 fully saturated rings. The Morgan fingerprint density at radius 2 is 1.94 bits per heavy atom. The second-order valence-electron chi connectivity index (χ2n) is 5.07. The lowest BCUT2D eigenvalue weighted by atomic mass is 10.1. The van der Waals surface area contributed by atoms with E-state index in [9.17, 15) is 9.59 Å². The highest BCUT2D eigenvalue weighted by molar-refractivity contribution is 5.95. The molecule has 0 radical (unpaired) electrons. The summed E-state index contributed by atoms with van der Waals surface area (Å²) in [5, 5.41) is 8.25. The summed E-state index contributed by atoms with van der Waals surface area (Å²) in [5.41, 5.74) is 0. The molecular weight excluding hydrogens is 232 g/mol. The zero-order valence-electron chi connectivity index (χ0n) is 11.5. The topological polar surface area (TPSA) is 73.5 Å². The van der Waals surface area contributed by atoms with E-state index in [2.05, 4.69) is 16.0 Å². The van der Waals surface area contributed by atoms with Crippen LogP contribution >= 0.6 is 0 Å². The van der Waals surface area contributed by atoms with Gasteiger partial charge < -0.3 is 10.6 Å². The Balaban J connectivity index is 2.28. The number of imide groups is 1. The summed E-state index contributed by atoms with van der Waals surface area (Å²) >= 11 is 0. The molecule has 0 bridgehead atoms. The summed E-state index contributed by atoms with van der Waals surface area (Å²) in [4.78, 5) is 25.0. The van der Waals surface area contributed by atoms with E-state index in [0.29, 0.717) is 6.04 Å². The van der Waals surface area contributed by atoms with Crippen molar-refractivity contribution in [2.75, 3.05) is 26.7 Å². The lowest BCUT2D eigenvalue weighted by molar-refractivity contribution is -0.121. The third-order valence-electron chi connectivity index (χ3n) is 3.00. The number of hydrogen-bond acceptors (Lipinski definition) is 4.